The first-order valence-corrected chi connectivity index (χ1v) is 12.7. The number of hydrogen-bond donors (Lipinski definition) is 6. The highest BCUT2D eigenvalue weighted by molar-refractivity contribution is 5.92. The lowest BCUT2D eigenvalue weighted by atomic mass is 10.0. The number of benzene rings is 3. The minimum absolute atomic E-state index is 0.0655. The molecule has 3 aromatic rings. The molecular formula is C29H34FN7O3. The van der Waals surface area contributed by atoms with E-state index in [1.54, 1.807) is 24.3 Å². The van der Waals surface area contributed by atoms with Crippen LogP contribution in [0.25, 0.3) is 0 Å². The number of nitrogens with one attached hydrogen (secondary N) is 2. The van der Waals surface area contributed by atoms with Crippen molar-refractivity contribution in [2.24, 2.45) is 27.9 Å². The highest BCUT2D eigenvalue weighted by atomic mass is 19.1. The number of hydrogen-bond acceptors (Lipinski definition) is 5. The van der Waals surface area contributed by atoms with E-state index in [2.05, 4.69) is 15.6 Å². The second-order valence-corrected chi connectivity index (χ2v) is 9.39. The molecule has 3 atom stereocenters. The van der Waals surface area contributed by atoms with Crippen molar-refractivity contribution in [2.75, 3.05) is 0 Å². The molecule has 0 spiro atoms. The Morgan fingerprint density at radius 2 is 1.30 bits per heavy atom. The smallest absolute Gasteiger partial charge is 0.243 e. The maximum absolute atomic E-state index is 13.3. The molecule has 10 nitrogen and oxygen atoms in total. The molecule has 0 aliphatic rings. The maximum atomic E-state index is 13.3. The second kappa shape index (κ2) is 14.4. The zero-order valence-electron chi connectivity index (χ0n) is 21.9. The van der Waals surface area contributed by atoms with Gasteiger partial charge in [0.2, 0.25) is 17.7 Å². The number of halogens is 1. The average Bonchev–Trinajstić information content (AvgIpc) is 2.92. The quantitative estimate of drug-likeness (QED) is 0.136. The van der Waals surface area contributed by atoms with Crippen LogP contribution in [0.5, 0.6) is 0 Å². The van der Waals surface area contributed by atoms with E-state index in [0.717, 1.165) is 11.1 Å². The van der Waals surface area contributed by atoms with E-state index in [-0.39, 0.29) is 25.2 Å². The molecule has 0 fully saturated rings. The Balaban J connectivity index is 1.70. The fraction of sp³-hybridized carbons (Fsp3) is 0.241. The summed E-state index contributed by atoms with van der Waals surface area (Å²) in [7, 11) is 0. The van der Waals surface area contributed by atoms with Crippen LogP contribution in [0.2, 0.25) is 0 Å². The molecule has 3 aromatic carbocycles. The van der Waals surface area contributed by atoms with Gasteiger partial charge < -0.3 is 33.6 Å². The average molecular weight is 548 g/mol. The van der Waals surface area contributed by atoms with Crippen LogP contribution in [0.15, 0.2) is 83.9 Å². The van der Waals surface area contributed by atoms with Gasteiger partial charge in [0.15, 0.2) is 5.96 Å². The fourth-order valence-corrected chi connectivity index (χ4v) is 4.06. The third kappa shape index (κ3) is 9.52. The largest absolute Gasteiger partial charge is 0.370 e. The molecule has 11 heteroatoms. The number of primary amides is 1. The van der Waals surface area contributed by atoms with Gasteiger partial charge in [-0.15, -0.1) is 0 Å². The van der Waals surface area contributed by atoms with E-state index in [1.165, 1.54) is 24.3 Å². The van der Waals surface area contributed by atoms with Gasteiger partial charge in [-0.1, -0.05) is 54.6 Å². The topological polar surface area (TPSA) is 192 Å². The number of nitrogens with zero attached hydrogens (tertiary/aromatic N) is 1. The Morgan fingerprint density at radius 3 is 1.90 bits per heavy atom. The van der Waals surface area contributed by atoms with Gasteiger partial charge in [0, 0.05) is 6.42 Å². The molecule has 0 unspecified atom stereocenters. The third-order valence-electron chi connectivity index (χ3n) is 6.20. The van der Waals surface area contributed by atoms with Gasteiger partial charge in [-0.2, -0.15) is 0 Å². The Bertz CT molecular complexity index is 1310. The van der Waals surface area contributed by atoms with Crippen molar-refractivity contribution < 1.29 is 18.8 Å². The number of rotatable bonds is 13. The molecule has 210 valence electrons. The number of carbonyl (C=O) groups is 3. The predicted molar refractivity (Wildman–Crippen MR) is 152 cm³/mol. The minimum Gasteiger partial charge on any atom is -0.370 e. The van der Waals surface area contributed by atoms with Gasteiger partial charge >= 0.3 is 0 Å². The number of aryl methyl sites for hydroxylation is 1. The molecule has 10 N–H and O–H groups in total. The van der Waals surface area contributed by atoms with Crippen LogP contribution in [-0.2, 0) is 33.6 Å². The van der Waals surface area contributed by atoms with Crippen molar-refractivity contribution in [3.8, 4) is 0 Å². The highest BCUT2D eigenvalue weighted by Crippen LogP contribution is 2.14. The first-order valence-electron chi connectivity index (χ1n) is 12.7. The van der Waals surface area contributed by atoms with Crippen LogP contribution < -0.4 is 33.6 Å². The standard InChI is InChI=1S/C29H34FN7O3/c30-21-11-6-20(7-12-21)17-25(26(32)38)37-28(40)24(15-10-18-4-2-1-3-5-18)36-27(39)23(31)16-19-8-13-22(14-9-19)35-29(33)34/h1-9,11-14,23-25H,10,15-17,31H2,(H2,32,38)(H,36,39)(H,37,40)(H4,33,34,35)/t23-,24-,25-/m0/s1. The first kappa shape index (κ1) is 29.8. The van der Waals surface area contributed by atoms with Crippen molar-refractivity contribution in [3.63, 3.8) is 0 Å². The van der Waals surface area contributed by atoms with Crippen LogP contribution >= 0.6 is 0 Å². The maximum Gasteiger partial charge on any atom is 0.243 e. The Labute approximate surface area is 232 Å². The summed E-state index contributed by atoms with van der Waals surface area (Å²) in [6, 6.07) is 18.9. The van der Waals surface area contributed by atoms with Gasteiger partial charge in [-0.3, -0.25) is 14.4 Å². The number of nitrogens with two attached hydrogens (primary N) is 4. The van der Waals surface area contributed by atoms with E-state index in [9.17, 15) is 18.8 Å². The van der Waals surface area contributed by atoms with Crippen LogP contribution in [-0.4, -0.2) is 41.8 Å². The highest BCUT2D eigenvalue weighted by Gasteiger charge is 2.27. The molecule has 0 aliphatic carbocycles. The van der Waals surface area contributed by atoms with Crippen molar-refractivity contribution in [3.05, 3.63) is 101 Å². The van der Waals surface area contributed by atoms with Gasteiger partial charge in [0.1, 0.15) is 17.9 Å². The summed E-state index contributed by atoms with van der Waals surface area (Å²) in [6.45, 7) is 0. The summed E-state index contributed by atoms with van der Waals surface area (Å²) in [6.07, 6.45) is 1.01. The predicted octanol–water partition coefficient (Wildman–Crippen LogP) is 0.931. The van der Waals surface area contributed by atoms with Crippen molar-refractivity contribution in [2.45, 2.75) is 43.8 Å². The number of carbonyl (C=O) groups excluding carboxylic acids is 3. The van der Waals surface area contributed by atoms with Crippen LogP contribution in [0, 0.1) is 5.82 Å². The van der Waals surface area contributed by atoms with Crippen molar-refractivity contribution >= 4 is 29.4 Å². The molecule has 3 amide bonds. The van der Waals surface area contributed by atoms with Gasteiger partial charge in [-0.25, -0.2) is 9.38 Å². The molecule has 0 aliphatic heterocycles. The lowest BCUT2D eigenvalue weighted by molar-refractivity contribution is -0.131. The molecule has 0 saturated heterocycles. The summed E-state index contributed by atoms with van der Waals surface area (Å²) in [5.41, 5.74) is 25.4. The summed E-state index contributed by atoms with van der Waals surface area (Å²) in [5, 5.41) is 5.36. The lowest BCUT2D eigenvalue weighted by Gasteiger charge is -2.23. The molecule has 0 aromatic heterocycles. The van der Waals surface area contributed by atoms with Crippen molar-refractivity contribution in [1.29, 1.82) is 0 Å². The normalized spacial score (nSPS) is 12.9. The number of aliphatic imine (C=N–C) groups is 1. The van der Waals surface area contributed by atoms with Crippen LogP contribution in [0.4, 0.5) is 10.1 Å². The summed E-state index contributed by atoms with van der Waals surface area (Å²) in [5.74, 6) is -2.36. The molecule has 0 saturated carbocycles. The third-order valence-corrected chi connectivity index (χ3v) is 6.20. The van der Waals surface area contributed by atoms with Crippen LogP contribution in [0.3, 0.4) is 0 Å². The molecule has 0 heterocycles. The zero-order valence-corrected chi connectivity index (χ0v) is 21.9. The van der Waals surface area contributed by atoms with Crippen molar-refractivity contribution in [1.82, 2.24) is 10.6 Å². The monoisotopic (exact) mass is 547 g/mol. The fourth-order valence-electron chi connectivity index (χ4n) is 4.06. The molecule has 3 rings (SSSR count). The van der Waals surface area contributed by atoms with Crippen LogP contribution in [0.1, 0.15) is 23.1 Å². The molecule has 40 heavy (non-hydrogen) atoms. The Hall–Kier alpha value is -4.77. The van der Waals surface area contributed by atoms with Gasteiger partial charge in [0.05, 0.1) is 11.7 Å². The summed E-state index contributed by atoms with van der Waals surface area (Å²) in [4.78, 5) is 42.4. The van der Waals surface area contributed by atoms with E-state index < -0.39 is 41.7 Å². The first-order chi connectivity index (χ1) is 19.1. The number of amides is 3. The van der Waals surface area contributed by atoms with Gasteiger partial charge in [-0.05, 0) is 60.2 Å². The van der Waals surface area contributed by atoms with E-state index in [1.807, 2.05) is 30.3 Å². The SMILES string of the molecule is NC(=O)[C@H](Cc1ccc(F)cc1)NC(=O)[C@H](CCc1ccccc1)NC(=O)[C@@H](N)Cc1ccc(N=C(N)N)cc1. The van der Waals surface area contributed by atoms with E-state index in [0.29, 0.717) is 17.7 Å². The number of guanidine groups is 1. The molecule has 0 bridgehead atoms. The zero-order chi connectivity index (χ0) is 29.1. The second-order valence-electron chi connectivity index (χ2n) is 9.39. The summed E-state index contributed by atoms with van der Waals surface area (Å²) >= 11 is 0. The van der Waals surface area contributed by atoms with E-state index >= 15 is 0 Å². The van der Waals surface area contributed by atoms with Gasteiger partial charge in [0.25, 0.3) is 0 Å². The molecule has 0 radical (unpaired) electrons. The Kier molecular flexibility index (Phi) is 10.7. The summed E-state index contributed by atoms with van der Waals surface area (Å²) < 4.78 is 13.3. The molecular weight excluding hydrogens is 513 g/mol. The Morgan fingerprint density at radius 1 is 0.725 bits per heavy atom. The minimum atomic E-state index is -1.06. The van der Waals surface area contributed by atoms with E-state index in [4.69, 9.17) is 22.9 Å². The lowest BCUT2D eigenvalue weighted by Crippen LogP contribution is -2.56.